The Balaban J connectivity index is 2.21. The minimum absolute atomic E-state index is 0.257. The number of rotatable bonds is 4. The molecule has 2 rings (SSSR count). The van der Waals surface area contributed by atoms with Gasteiger partial charge in [0.25, 0.3) is 5.91 Å². The number of carbonyl (C=O) groups is 1. The summed E-state index contributed by atoms with van der Waals surface area (Å²) >= 11 is 1.44. The first-order chi connectivity index (χ1) is 9.13. The van der Waals surface area contributed by atoms with Crippen LogP contribution in [-0.2, 0) is 0 Å². The Morgan fingerprint density at radius 3 is 2.68 bits per heavy atom. The van der Waals surface area contributed by atoms with E-state index in [0.717, 1.165) is 5.01 Å². The summed E-state index contributed by atoms with van der Waals surface area (Å²) in [5.41, 5.74) is 0.985. The van der Waals surface area contributed by atoms with Gasteiger partial charge >= 0.3 is 0 Å². The number of methoxy groups -OCH3 is 2. The number of nitrogens with zero attached hydrogens (tertiary/aromatic N) is 1. The quantitative estimate of drug-likeness (QED) is 0.934. The normalized spacial score (nSPS) is 10.1. The number of nitrogens with one attached hydrogen (secondary N) is 1. The van der Waals surface area contributed by atoms with Gasteiger partial charge in [-0.3, -0.25) is 4.79 Å². The van der Waals surface area contributed by atoms with Gasteiger partial charge in [0.2, 0.25) is 0 Å². The monoisotopic (exact) mass is 278 g/mol. The highest BCUT2D eigenvalue weighted by molar-refractivity contribution is 7.09. The number of hydrogen-bond donors (Lipinski definition) is 1. The fourth-order valence-electron chi connectivity index (χ4n) is 1.56. The van der Waals surface area contributed by atoms with Crippen LogP contribution in [0.25, 0.3) is 0 Å². The molecule has 1 heterocycles. The van der Waals surface area contributed by atoms with E-state index in [9.17, 15) is 4.79 Å². The number of thiazole rings is 1. The molecule has 0 aliphatic carbocycles. The van der Waals surface area contributed by atoms with Gasteiger partial charge in [0.05, 0.1) is 24.9 Å². The zero-order chi connectivity index (χ0) is 13.8. The van der Waals surface area contributed by atoms with Gasteiger partial charge < -0.3 is 14.8 Å². The molecule has 2 aromatic rings. The molecule has 0 spiro atoms. The molecule has 1 aromatic heterocycles. The van der Waals surface area contributed by atoms with E-state index in [1.807, 2.05) is 6.92 Å². The summed E-state index contributed by atoms with van der Waals surface area (Å²) in [7, 11) is 3.11. The summed E-state index contributed by atoms with van der Waals surface area (Å²) in [6.07, 6.45) is 0. The topological polar surface area (TPSA) is 60.5 Å². The Bertz CT molecular complexity index is 595. The predicted octanol–water partition coefficient (Wildman–Crippen LogP) is 2.72. The maximum atomic E-state index is 12.0. The zero-order valence-corrected chi connectivity index (χ0v) is 11.7. The number of hydrogen-bond acceptors (Lipinski definition) is 5. The Morgan fingerprint density at radius 2 is 2.11 bits per heavy atom. The van der Waals surface area contributed by atoms with Gasteiger partial charge in [0.1, 0.15) is 17.2 Å². The van der Waals surface area contributed by atoms with Crippen molar-refractivity contribution in [3.05, 3.63) is 34.3 Å². The zero-order valence-electron chi connectivity index (χ0n) is 10.9. The third kappa shape index (κ3) is 3.03. The second kappa shape index (κ2) is 5.71. The molecule has 0 atom stereocenters. The van der Waals surface area contributed by atoms with Crippen LogP contribution in [0.4, 0.5) is 5.69 Å². The molecule has 0 saturated carbocycles. The molecule has 0 aliphatic rings. The summed E-state index contributed by atoms with van der Waals surface area (Å²) in [5, 5.41) is 5.34. The fraction of sp³-hybridized carbons (Fsp3) is 0.231. The molecule has 0 aliphatic heterocycles. The number of ether oxygens (including phenoxy) is 2. The van der Waals surface area contributed by atoms with Crippen molar-refractivity contribution in [3.63, 3.8) is 0 Å². The third-order valence-corrected chi connectivity index (χ3v) is 3.28. The lowest BCUT2D eigenvalue weighted by molar-refractivity contribution is 0.102. The average Bonchev–Trinajstić information content (AvgIpc) is 2.86. The van der Waals surface area contributed by atoms with E-state index in [1.165, 1.54) is 18.4 Å². The molecule has 0 fully saturated rings. The molecule has 100 valence electrons. The van der Waals surface area contributed by atoms with Gasteiger partial charge in [-0.2, -0.15) is 0 Å². The van der Waals surface area contributed by atoms with Crippen LogP contribution < -0.4 is 14.8 Å². The highest BCUT2D eigenvalue weighted by Gasteiger charge is 2.12. The molecule has 0 bridgehead atoms. The van der Waals surface area contributed by atoms with Crippen LogP contribution in [0.15, 0.2) is 23.6 Å². The van der Waals surface area contributed by atoms with Crippen LogP contribution in [-0.4, -0.2) is 25.1 Å². The Hall–Kier alpha value is -2.08. The van der Waals surface area contributed by atoms with E-state index < -0.39 is 0 Å². The number of benzene rings is 1. The fourth-order valence-corrected chi connectivity index (χ4v) is 2.15. The van der Waals surface area contributed by atoms with Crippen LogP contribution in [0.3, 0.4) is 0 Å². The van der Waals surface area contributed by atoms with Crippen LogP contribution in [0.2, 0.25) is 0 Å². The van der Waals surface area contributed by atoms with E-state index in [1.54, 1.807) is 30.7 Å². The SMILES string of the molecule is COc1ccc(NC(=O)c2csc(C)n2)c(OC)c1. The van der Waals surface area contributed by atoms with Gasteiger partial charge in [-0.25, -0.2) is 4.98 Å². The van der Waals surface area contributed by atoms with Crippen LogP contribution in [0, 0.1) is 6.92 Å². The lowest BCUT2D eigenvalue weighted by Crippen LogP contribution is -2.13. The number of carbonyl (C=O) groups excluding carboxylic acids is 1. The minimum Gasteiger partial charge on any atom is -0.497 e. The van der Waals surface area contributed by atoms with Gasteiger partial charge in [-0.15, -0.1) is 11.3 Å². The van der Waals surface area contributed by atoms with E-state index in [0.29, 0.717) is 22.9 Å². The summed E-state index contributed by atoms with van der Waals surface area (Å²) < 4.78 is 10.3. The highest BCUT2D eigenvalue weighted by atomic mass is 32.1. The Labute approximate surface area is 115 Å². The molecule has 1 amide bonds. The number of aromatic nitrogens is 1. The van der Waals surface area contributed by atoms with E-state index in [-0.39, 0.29) is 5.91 Å². The first-order valence-corrected chi connectivity index (χ1v) is 6.47. The van der Waals surface area contributed by atoms with Gasteiger partial charge in [-0.05, 0) is 19.1 Å². The smallest absolute Gasteiger partial charge is 0.275 e. The minimum atomic E-state index is -0.257. The van der Waals surface area contributed by atoms with Crippen molar-refractivity contribution in [2.45, 2.75) is 6.92 Å². The molecular weight excluding hydrogens is 264 g/mol. The summed E-state index contributed by atoms with van der Waals surface area (Å²) in [5.74, 6) is 0.951. The first-order valence-electron chi connectivity index (χ1n) is 5.59. The van der Waals surface area contributed by atoms with Crippen molar-refractivity contribution in [3.8, 4) is 11.5 Å². The van der Waals surface area contributed by atoms with Crippen molar-refractivity contribution in [1.29, 1.82) is 0 Å². The molecule has 1 aromatic carbocycles. The second-order valence-corrected chi connectivity index (χ2v) is 4.83. The van der Waals surface area contributed by atoms with Crippen molar-refractivity contribution >= 4 is 22.9 Å². The van der Waals surface area contributed by atoms with E-state index in [4.69, 9.17) is 9.47 Å². The van der Waals surface area contributed by atoms with Gasteiger partial charge in [0.15, 0.2) is 0 Å². The molecule has 0 saturated heterocycles. The van der Waals surface area contributed by atoms with Crippen LogP contribution in [0.1, 0.15) is 15.5 Å². The maximum absolute atomic E-state index is 12.0. The molecule has 0 radical (unpaired) electrons. The van der Waals surface area contributed by atoms with Crippen molar-refractivity contribution in [2.24, 2.45) is 0 Å². The number of aryl methyl sites for hydroxylation is 1. The summed E-state index contributed by atoms with van der Waals surface area (Å²) in [6.45, 7) is 1.86. The lowest BCUT2D eigenvalue weighted by Gasteiger charge is -2.10. The number of anilines is 1. The largest absolute Gasteiger partial charge is 0.497 e. The summed E-state index contributed by atoms with van der Waals surface area (Å²) in [6, 6.07) is 5.20. The lowest BCUT2D eigenvalue weighted by atomic mass is 10.2. The Morgan fingerprint density at radius 1 is 1.32 bits per heavy atom. The van der Waals surface area contributed by atoms with Crippen LogP contribution in [0.5, 0.6) is 11.5 Å². The first kappa shape index (κ1) is 13.4. The van der Waals surface area contributed by atoms with Crippen LogP contribution >= 0.6 is 11.3 Å². The standard InChI is InChI=1S/C13H14N2O3S/c1-8-14-11(7-19-8)13(16)15-10-5-4-9(17-2)6-12(10)18-3/h4-7H,1-3H3,(H,15,16). The van der Waals surface area contributed by atoms with Crippen molar-refractivity contribution in [2.75, 3.05) is 19.5 Å². The van der Waals surface area contributed by atoms with Crippen molar-refractivity contribution in [1.82, 2.24) is 4.98 Å². The van der Waals surface area contributed by atoms with E-state index >= 15 is 0 Å². The molecule has 6 heteroatoms. The molecular formula is C13H14N2O3S. The Kier molecular flexibility index (Phi) is 4.01. The van der Waals surface area contributed by atoms with Gasteiger partial charge in [-0.1, -0.05) is 0 Å². The molecule has 1 N–H and O–H groups in total. The molecule has 5 nitrogen and oxygen atoms in total. The average molecular weight is 278 g/mol. The predicted molar refractivity (Wildman–Crippen MR) is 74.4 cm³/mol. The third-order valence-electron chi connectivity index (χ3n) is 2.51. The maximum Gasteiger partial charge on any atom is 0.275 e. The highest BCUT2D eigenvalue weighted by Crippen LogP contribution is 2.29. The number of amides is 1. The molecule has 19 heavy (non-hydrogen) atoms. The molecule has 0 unspecified atom stereocenters. The second-order valence-electron chi connectivity index (χ2n) is 3.77. The summed E-state index contributed by atoms with van der Waals surface area (Å²) in [4.78, 5) is 16.1. The van der Waals surface area contributed by atoms with Gasteiger partial charge in [0, 0.05) is 11.4 Å². The van der Waals surface area contributed by atoms with E-state index in [2.05, 4.69) is 10.3 Å². The van der Waals surface area contributed by atoms with Crippen molar-refractivity contribution < 1.29 is 14.3 Å².